The molecule has 2 unspecified atom stereocenters. The average molecular weight is 243 g/mol. The summed E-state index contributed by atoms with van der Waals surface area (Å²) in [6.07, 6.45) is 1.05. The smallest absolute Gasteiger partial charge is 0.0791 e. The van der Waals surface area contributed by atoms with E-state index in [1.165, 1.54) is 19.5 Å². The van der Waals surface area contributed by atoms with E-state index in [1.807, 2.05) is 0 Å². The molecule has 1 aliphatic rings. The van der Waals surface area contributed by atoms with E-state index in [2.05, 4.69) is 36.0 Å². The number of rotatable bonds is 8. The first-order chi connectivity index (χ1) is 8.15. The molecule has 0 aromatic carbocycles. The largest absolute Gasteiger partial charge is 0.390 e. The summed E-state index contributed by atoms with van der Waals surface area (Å²) in [5, 5.41) is 13.3. The highest BCUT2D eigenvalue weighted by Gasteiger charge is 2.19. The number of likely N-dealkylation sites (tertiary alicyclic amines) is 1. The second kappa shape index (κ2) is 8.03. The zero-order chi connectivity index (χ0) is 12.7. The molecule has 1 fully saturated rings. The van der Waals surface area contributed by atoms with Crippen LogP contribution in [0.2, 0.25) is 0 Å². The highest BCUT2D eigenvalue weighted by molar-refractivity contribution is 4.75. The molecule has 0 amide bonds. The first kappa shape index (κ1) is 14.9. The Labute approximate surface area is 106 Å². The fraction of sp³-hybridized carbons (Fsp3) is 1.00. The van der Waals surface area contributed by atoms with E-state index in [4.69, 9.17) is 0 Å². The van der Waals surface area contributed by atoms with Crippen molar-refractivity contribution in [3.63, 3.8) is 0 Å². The van der Waals surface area contributed by atoms with Gasteiger partial charge in [0.15, 0.2) is 0 Å². The minimum atomic E-state index is -0.242. The minimum Gasteiger partial charge on any atom is -0.390 e. The van der Waals surface area contributed by atoms with E-state index in [1.54, 1.807) is 0 Å². The fourth-order valence-corrected chi connectivity index (χ4v) is 2.49. The molecule has 0 aromatic heterocycles. The van der Waals surface area contributed by atoms with Crippen molar-refractivity contribution in [3.8, 4) is 0 Å². The standard InChI is InChI=1S/C13H29N3O/c1-4-16(5-2)11-13(17)9-14-8-12-6-7-15(3)10-12/h12-14,17H,4-11H2,1-3H3. The van der Waals surface area contributed by atoms with E-state index in [0.29, 0.717) is 0 Å². The molecule has 2 atom stereocenters. The Morgan fingerprint density at radius 1 is 1.41 bits per heavy atom. The summed E-state index contributed by atoms with van der Waals surface area (Å²) in [4.78, 5) is 4.63. The summed E-state index contributed by atoms with van der Waals surface area (Å²) in [5.41, 5.74) is 0. The summed E-state index contributed by atoms with van der Waals surface area (Å²) in [5.74, 6) is 0.764. The Kier molecular flexibility index (Phi) is 7.04. The normalized spacial score (nSPS) is 23.5. The predicted molar refractivity (Wildman–Crippen MR) is 72.3 cm³/mol. The number of nitrogens with one attached hydrogen (secondary N) is 1. The number of hydrogen-bond acceptors (Lipinski definition) is 4. The van der Waals surface area contributed by atoms with Gasteiger partial charge < -0.3 is 20.2 Å². The quantitative estimate of drug-likeness (QED) is 0.640. The summed E-state index contributed by atoms with van der Waals surface area (Å²) in [7, 11) is 2.18. The third-order valence-corrected chi connectivity index (χ3v) is 3.67. The van der Waals surface area contributed by atoms with Crippen molar-refractivity contribution < 1.29 is 5.11 Å². The molecule has 0 saturated carbocycles. The molecule has 1 saturated heterocycles. The van der Waals surface area contributed by atoms with Crippen LogP contribution in [-0.4, -0.2) is 73.9 Å². The molecule has 0 aromatic rings. The molecule has 1 aliphatic heterocycles. The lowest BCUT2D eigenvalue weighted by Gasteiger charge is -2.22. The van der Waals surface area contributed by atoms with Crippen LogP contribution in [0.5, 0.6) is 0 Å². The molecule has 0 spiro atoms. The maximum Gasteiger partial charge on any atom is 0.0791 e. The molecule has 4 heteroatoms. The van der Waals surface area contributed by atoms with E-state index < -0.39 is 0 Å². The van der Waals surface area contributed by atoms with Crippen molar-refractivity contribution in [1.82, 2.24) is 15.1 Å². The van der Waals surface area contributed by atoms with Gasteiger partial charge in [-0.15, -0.1) is 0 Å². The third-order valence-electron chi connectivity index (χ3n) is 3.67. The van der Waals surface area contributed by atoms with Gasteiger partial charge >= 0.3 is 0 Å². The zero-order valence-corrected chi connectivity index (χ0v) is 11.7. The summed E-state index contributed by atoms with van der Waals surface area (Å²) in [6, 6.07) is 0. The Morgan fingerprint density at radius 3 is 2.65 bits per heavy atom. The van der Waals surface area contributed by atoms with E-state index >= 15 is 0 Å². The maximum atomic E-state index is 9.89. The van der Waals surface area contributed by atoms with Crippen molar-refractivity contribution in [3.05, 3.63) is 0 Å². The number of aliphatic hydroxyl groups is 1. The lowest BCUT2D eigenvalue weighted by Crippen LogP contribution is -2.39. The number of likely N-dealkylation sites (N-methyl/N-ethyl adjacent to an activating group) is 1. The zero-order valence-electron chi connectivity index (χ0n) is 11.7. The molecule has 0 aliphatic carbocycles. The van der Waals surface area contributed by atoms with Crippen molar-refractivity contribution >= 4 is 0 Å². The van der Waals surface area contributed by atoms with Gasteiger partial charge in [0.2, 0.25) is 0 Å². The van der Waals surface area contributed by atoms with Gasteiger partial charge in [-0.3, -0.25) is 0 Å². The van der Waals surface area contributed by atoms with Crippen molar-refractivity contribution in [2.75, 3.05) is 52.9 Å². The second-order valence-corrected chi connectivity index (χ2v) is 5.21. The first-order valence-electron chi connectivity index (χ1n) is 6.95. The lowest BCUT2D eigenvalue weighted by atomic mass is 10.1. The van der Waals surface area contributed by atoms with Gasteiger partial charge in [0, 0.05) is 19.6 Å². The van der Waals surface area contributed by atoms with Crippen LogP contribution in [0.3, 0.4) is 0 Å². The van der Waals surface area contributed by atoms with Crippen LogP contribution in [0, 0.1) is 5.92 Å². The van der Waals surface area contributed by atoms with Crippen LogP contribution in [0.25, 0.3) is 0 Å². The van der Waals surface area contributed by atoms with Gasteiger partial charge in [-0.1, -0.05) is 13.8 Å². The number of nitrogens with zero attached hydrogens (tertiary/aromatic N) is 2. The SMILES string of the molecule is CCN(CC)CC(O)CNCC1CCN(C)C1. The second-order valence-electron chi connectivity index (χ2n) is 5.21. The Morgan fingerprint density at radius 2 is 2.12 bits per heavy atom. The van der Waals surface area contributed by atoms with Crippen molar-refractivity contribution in [2.24, 2.45) is 5.92 Å². The predicted octanol–water partition coefficient (Wildman–Crippen LogP) is 0.230. The number of hydrogen-bond donors (Lipinski definition) is 2. The minimum absolute atomic E-state index is 0.242. The molecule has 17 heavy (non-hydrogen) atoms. The molecule has 0 bridgehead atoms. The van der Waals surface area contributed by atoms with Gasteiger partial charge in [-0.05, 0) is 45.6 Å². The van der Waals surface area contributed by atoms with E-state index in [-0.39, 0.29) is 6.10 Å². The van der Waals surface area contributed by atoms with Crippen LogP contribution >= 0.6 is 0 Å². The van der Waals surface area contributed by atoms with Crippen LogP contribution in [-0.2, 0) is 0 Å². The van der Waals surface area contributed by atoms with Crippen LogP contribution in [0.1, 0.15) is 20.3 Å². The van der Waals surface area contributed by atoms with E-state index in [9.17, 15) is 5.11 Å². The van der Waals surface area contributed by atoms with Gasteiger partial charge in [-0.2, -0.15) is 0 Å². The highest BCUT2D eigenvalue weighted by atomic mass is 16.3. The number of aliphatic hydroxyl groups excluding tert-OH is 1. The monoisotopic (exact) mass is 243 g/mol. The molecular weight excluding hydrogens is 214 g/mol. The van der Waals surface area contributed by atoms with Gasteiger partial charge in [0.1, 0.15) is 0 Å². The topological polar surface area (TPSA) is 38.7 Å². The summed E-state index contributed by atoms with van der Waals surface area (Å²) in [6.45, 7) is 11.3. The summed E-state index contributed by atoms with van der Waals surface area (Å²) < 4.78 is 0. The third kappa shape index (κ3) is 5.82. The molecule has 102 valence electrons. The molecule has 2 N–H and O–H groups in total. The molecule has 0 radical (unpaired) electrons. The Bertz CT molecular complexity index is 197. The highest BCUT2D eigenvalue weighted by Crippen LogP contribution is 2.12. The fourth-order valence-electron chi connectivity index (χ4n) is 2.49. The molecular formula is C13H29N3O. The van der Waals surface area contributed by atoms with Gasteiger partial charge in [0.05, 0.1) is 6.10 Å². The Hall–Kier alpha value is -0.160. The lowest BCUT2D eigenvalue weighted by molar-refractivity contribution is 0.116. The maximum absolute atomic E-state index is 9.89. The summed E-state index contributed by atoms with van der Waals surface area (Å²) >= 11 is 0. The van der Waals surface area contributed by atoms with E-state index in [0.717, 1.165) is 38.6 Å². The molecule has 1 rings (SSSR count). The van der Waals surface area contributed by atoms with Crippen molar-refractivity contribution in [1.29, 1.82) is 0 Å². The molecule has 1 heterocycles. The Balaban J connectivity index is 2.05. The van der Waals surface area contributed by atoms with Crippen molar-refractivity contribution in [2.45, 2.75) is 26.4 Å². The van der Waals surface area contributed by atoms with Crippen LogP contribution < -0.4 is 5.32 Å². The van der Waals surface area contributed by atoms with Gasteiger partial charge in [0.25, 0.3) is 0 Å². The first-order valence-corrected chi connectivity index (χ1v) is 6.95. The van der Waals surface area contributed by atoms with Gasteiger partial charge in [-0.25, -0.2) is 0 Å². The molecule has 4 nitrogen and oxygen atoms in total. The average Bonchev–Trinajstić information content (AvgIpc) is 2.72. The van der Waals surface area contributed by atoms with Crippen LogP contribution in [0.4, 0.5) is 0 Å². The van der Waals surface area contributed by atoms with Crippen LogP contribution in [0.15, 0.2) is 0 Å².